The fraction of sp³-hybridized carbons (Fsp3) is 0.125. The van der Waals surface area contributed by atoms with Gasteiger partial charge in [-0.25, -0.2) is 0 Å². The van der Waals surface area contributed by atoms with Crippen LogP contribution in [0.1, 0.15) is 22.3 Å². The summed E-state index contributed by atoms with van der Waals surface area (Å²) < 4.78 is 0. The highest BCUT2D eigenvalue weighted by Crippen LogP contribution is 2.14. The third-order valence-electron chi connectivity index (χ3n) is 2.69. The molecule has 0 amide bonds. The Balaban J connectivity index is 2.27. The topological polar surface area (TPSA) is 0 Å². The molecule has 0 N–H and O–H groups in total. The van der Waals surface area contributed by atoms with Crippen LogP contribution in [-0.2, 0) is 0 Å². The van der Waals surface area contributed by atoms with Gasteiger partial charge >= 0.3 is 0 Å². The second kappa shape index (κ2) is 4.80. The maximum absolute atomic E-state index is 2.22. The summed E-state index contributed by atoms with van der Waals surface area (Å²) in [5.74, 6) is 0. The van der Waals surface area contributed by atoms with Crippen LogP contribution in [0.3, 0.4) is 0 Å². The number of benzene rings is 2. The van der Waals surface area contributed by atoms with E-state index in [0.29, 0.717) is 0 Å². The highest BCUT2D eigenvalue weighted by molar-refractivity contribution is 5.71. The van der Waals surface area contributed by atoms with E-state index in [1.54, 1.807) is 0 Å². The maximum atomic E-state index is 2.22. The van der Waals surface area contributed by atoms with Gasteiger partial charge in [-0.2, -0.15) is 0 Å². The molecule has 16 heavy (non-hydrogen) atoms. The molecule has 0 aliphatic carbocycles. The van der Waals surface area contributed by atoms with Crippen molar-refractivity contribution in [3.8, 4) is 0 Å². The third-order valence-corrected chi connectivity index (χ3v) is 2.69. The molecule has 0 spiro atoms. The van der Waals surface area contributed by atoms with Gasteiger partial charge in [0.2, 0.25) is 0 Å². The van der Waals surface area contributed by atoms with Gasteiger partial charge in [-0.05, 0) is 30.5 Å². The van der Waals surface area contributed by atoms with Gasteiger partial charge in [-0.3, -0.25) is 0 Å². The molecule has 0 saturated heterocycles. The zero-order chi connectivity index (χ0) is 11.4. The Morgan fingerprint density at radius 1 is 0.812 bits per heavy atom. The number of aryl methyl sites for hydroxylation is 2. The maximum Gasteiger partial charge on any atom is -0.0225 e. The van der Waals surface area contributed by atoms with Crippen LogP contribution >= 0.6 is 0 Å². The summed E-state index contributed by atoms with van der Waals surface area (Å²) >= 11 is 0. The minimum absolute atomic E-state index is 1.24. The average Bonchev–Trinajstić information content (AvgIpc) is 2.32. The van der Waals surface area contributed by atoms with Crippen molar-refractivity contribution in [2.45, 2.75) is 13.8 Å². The largest absolute Gasteiger partial charge is 0.0622 e. The zero-order valence-corrected chi connectivity index (χ0v) is 9.77. The van der Waals surface area contributed by atoms with E-state index in [2.05, 4.69) is 68.5 Å². The lowest BCUT2D eigenvalue weighted by Crippen LogP contribution is -1.81. The van der Waals surface area contributed by atoms with Gasteiger partial charge in [-0.15, -0.1) is 0 Å². The Bertz CT molecular complexity index is 493. The molecular weight excluding hydrogens is 192 g/mol. The smallest absolute Gasteiger partial charge is 0.0225 e. The first-order chi connectivity index (χ1) is 7.75. The van der Waals surface area contributed by atoms with E-state index in [4.69, 9.17) is 0 Å². The van der Waals surface area contributed by atoms with Gasteiger partial charge in [0.05, 0.1) is 0 Å². The summed E-state index contributed by atoms with van der Waals surface area (Å²) in [6, 6.07) is 16.9. The van der Waals surface area contributed by atoms with Gasteiger partial charge in [0, 0.05) is 0 Å². The molecule has 0 fully saturated rings. The van der Waals surface area contributed by atoms with Crippen LogP contribution in [0.4, 0.5) is 0 Å². The normalized spacial score (nSPS) is 10.9. The highest BCUT2D eigenvalue weighted by atomic mass is 14.0. The van der Waals surface area contributed by atoms with Crippen molar-refractivity contribution >= 4 is 12.2 Å². The molecule has 2 rings (SSSR count). The first kappa shape index (κ1) is 10.7. The highest BCUT2D eigenvalue weighted by Gasteiger charge is 1.94. The molecule has 0 heteroatoms. The Morgan fingerprint density at radius 3 is 2.31 bits per heavy atom. The van der Waals surface area contributed by atoms with Crippen LogP contribution in [0.25, 0.3) is 12.2 Å². The fourth-order valence-corrected chi connectivity index (χ4v) is 1.69. The molecule has 0 radical (unpaired) electrons. The Kier molecular flexibility index (Phi) is 3.21. The van der Waals surface area contributed by atoms with Crippen LogP contribution < -0.4 is 0 Å². The molecule has 0 aliphatic rings. The second-order valence-electron chi connectivity index (χ2n) is 4.10. The lowest BCUT2D eigenvalue weighted by Gasteiger charge is -2.01. The van der Waals surface area contributed by atoms with E-state index < -0.39 is 0 Å². The first-order valence-corrected chi connectivity index (χ1v) is 5.56. The zero-order valence-electron chi connectivity index (χ0n) is 9.77. The predicted octanol–water partition coefficient (Wildman–Crippen LogP) is 4.47. The van der Waals surface area contributed by atoms with E-state index in [0.717, 1.165) is 0 Å². The van der Waals surface area contributed by atoms with Gasteiger partial charge < -0.3 is 0 Å². The summed E-state index contributed by atoms with van der Waals surface area (Å²) in [4.78, 5) is 0. The molecule has 0 aromatic heterocycles. The predicted molar refractivity (Wildman–Crippen MR) is 71.3 cm³/mol. The summed E-state index contributed by atoms with van der Waals surface area (Å²) in [7, 11) is 0. The SMILES string of the molecule is Cc1ccc(C)c(C=Cc2ccccc2)c1. The molecule has 0 heterocycles. The fourth-order valence-electron chi connectivity index (χ4n) is 1.69. The first-order valence-electron chi connectivity index (χ1n) is 5.56. The van der Waals surface area contributed by atoms with Crippen LogP contribution in [-0.4, -0.2) is 0 Å². The van der Waals surface area contributed by atoms with E-state index in [9.17, 15) is 0 Å². The quantitative estimate of drug-likeness (QED) is 0.638. The molecule has 2 aromatic carbocycles. The van der Waals surface area contributed by atoms with Crippen molar-refractivity contribution in [1.29, 1.82) is 0 Å². The monoisotopic (exact) mass is 208 g/mol. The van der Waals surface area contributed by atoms with Crippen molar-refractivity contribution < 1.29 is 0 Å². The molecule has 0 aliphatic heterocycles. The summed E-state index contributed by atoms with van der Waals surface area (Å²) in [6.07, 6.45) is 4.33. The summed E-state index contributed by atoms with van der Waals surface area (Å²) in [5.41, 5.74) is 5.16. The van der Waals surface area contributed by atoms with Crippen LogP contribution in [0.5, 0.6) is 0 Å². The molecule has 0 nitrogen and oxygen atoms in total. The van der Waals surface area contributed by atoms with Gasteiger partial charge in [0.25, 0.3) is 0 Å². The minimum atomic E-state index is 1.24. The van der Waals surface area contributed by atoms with Gasteiger partial charge in [0.15, 0.2) is 0 Å². The lowest BCUT2D eigenvalue weighted by atomic mass is 10.0. The Labute approximate surface area is 97.3 Å². The minimum Gasteiger partial charge on any atom is -0.0622 e. The average molecular weight is 208 g/mol. The molecule has 0 unspecified atom stereocenters. The van der Waals surface area contributed by atoms with E-state index >= 15 is 0 Å². The molecule has 80 valence electrons. The van der Waals surface area contributed by atoms with E-state index in [1.165, 1.54) is 22.3 Å². The third kappa shape index (κ3) is 2.60. The lowest BCUT2D eigenvalue weighted by molar-refractivity contribution is 1.38. The van der Waals surface area contributed by atoms with Crippen molar-refractivity contribution in [3.05, 3.63) is 70.8 Å². The number of hydrogen-bond acceptors (Lipinski definition) is 0. The van der Waals surface area contributed by atoms with Crippen molar-refractivity contribution in [3.63, 3.8) is 0 Å². The Hall–Kier alpha value is -1.82. The number of rotatable bonds is 2. The van der Waals surface area contributed by atoms with Gasteiger partial charge in [-0.1, -0.05) is 66.2 Å². The molecule has 2 aromatic rings. The summed E-state index contributed by atoms with van der Waals surface area (Å²) in [5, 5.41) is 0. The molecule has 0 saturated carbocycles. The summed E-state index contributed by atoms with van der Waals surface area (Å²) in [6.45, 7) is 4.27. The van der Waals surface area contributed by atoms with E-state index in [-0.39, 0.29) is 0 Å². The van der Waals surface area contributed by atoms with Crippen molar-refractivity contribution in [2.24, 2.45) is 0 Å². The molecule has 0 bridgehead atoms. The van der Waals surface area contributed by atoms with Crippen LogP contribution in [0.2, 0.25) is 0 Å². The second-order valence-corrected chi connectivity index (χ2v) is 4.10. The Morgan fingerprint density at radius 2 is 1.56 bits per heavy atom. The molecular formula is C16H16. The number of hydrogen-bond donors (Lipinski definition) is 0. The standard InChI is InChI=1S/C16H16/c1-13-8-9-14(2)16(12-13)11-10-15-6-4-3-5-7-15/h3-12H,1-2H3. The molecule has 0 atom stereocenters. The van der Waals surface area contributed by atoms with E-state index in [1.807, 2.05) is 6.07 Å². The van der Waals surface area contributed by atoms with Crippen LogP contribution in [0, 0.1) is 13.8 Å². The van der Waals surface area contributed by atoms with Crippen molar-refractivity contribution in [2.75, 3.05) is 0 Å². The van der Waals surface area contributed by atoms with Crippen molar-refractivity contribution in [1.82, 2.24) is 0 Å². The van der Waals surface area contributed by atoms with Crippen LogP contribution in [0.15, 0.2) is 48.5 Å². The van der Waals surface area contributed by atoms with Gasteiger partial charge in [0.1, 0.15) is 0 Å².